The average molecular weight is 1500 g/mol. The van der Waals surface area contributed by atoms with E-state index in [-0.39, 0.29) is 14.4 Å². The molecule has 12 heterocycles. The van der Waals surface area contributed by atoms with Crippen LogP contribution in [0.3, 0.4) is 0 Å². The number of aryl methyl sites for hydroxylation is 3. The number of fused-ring (bicyclic) bond motifs is 22. The van der Waals surface area contributed by atoms with Gasteiger partial charge in [0.25, 0.3) is 0 Å². The predicted molar refractivity (Wildman–Crippen MR) is 515 cm³/mol. The van der Waals surface area contributed by atoms with Crippen molar-refractivity contribution in [2.24, 2.45) is 4.52 Å². The molecule has 0 bridgehead atoms. The summed E-state index contributed by atoms with van der Waals surface area (Å²) in [4.78, 5) is 9.78. The topological polar surface area (TPSA) is 25.3 Å². The van der Waals surface area contributed by atoms with E-state index in [1.807, 2.05) is 0 Å². The van der Waals surface area contributed by atoms with Gasteiger partial charge in [-0.2, -0.15) is 0 Å². The number of benzene rings is 16. The summed E-state index contributed by atoms with van der Waals surface area (Å²) in [5.74, 6) is 0. The van der Waals surface area contributed by atoms with Crippen LogP contribution in [-0.4, -0.2) is 66.3 Å². The van der Waals surface area contributed by atoms with E-state index in [1.54, 1.807) is 16.3 Å². The first kappa shape index (κ1) is 67.3. The van der Waals surface area contributed by atoms with Gasteiger partial charge in [0.2, 0.25) is 20.1 Å². The second-order valence-corrected chi connectivity index (χ2v) is 43.2. The van der Waals surface area contributed by atoms with E-state index >= 15 is 0 Å². The Morgan fingerprint density at radius 2 is 0.638 bits per heavy atom. The molecule has 17 heteroatoms. The molecule has 116 heavy (non-hydrogen) atoms. The van der Waals surface area contributed by atoms with Gasteiger partial charge >= 0.3 is 210 Å². The average Bonchev–Trinajstić information content (AvgIpc) is 1.42. The molecule has 0 saturated carbocycles. The number of hydrogen-bond donors (Lipinski definition) is 0. The van der Waals surface area contributed by atoms with Crippen molar-refractivity contribution >= 4 is 219 Å². The van der Waals surface area contributed by atoms with E-state index in [9.17, 15) is 0 Å². The van der Waals surface area contributed by atoms with E-state index in [0.717, 1.165) is 18.6 Å². The molecule has 0 aromatic heterocycles. The van der Waals surface area contributed by atoms with Gasteiger partial charge in [-0.05, 0) is 160 Å². The van der Waals surface area contributed by atoms with Crippen LogP contribution in [0.2, 0.25) is 0 Å². The molecule has 16 aromatic rings. The van der Waals surface area contributed by atoms with Gasteiger partial charge in [0, 0.05) is 51.2 Å². The Morgan fingerprint density at radius 3 is 1.12 bits per heavy atom. The summed E-state index contributed by atoms with van der Waals surface area (Å²) in [7, 11) is 0.529. The van der Waals surface area contributed by atoms with Crippen LogP contribution in [0.5, 0.6) is 0 Å². The van der Waals surface area contributed by atoms with Crippen LogP contribution in [0, 0.1) is 20.8 Å². The molecule has 16 aromatic carbocycles. The fourth-order valence-electron chi connectivity index (χ4n) is 22.7. The zero-order valence-corrected chi connectivity index (χ0v) is 67.2. The molecule has 0 N–H and O–H groups in total. The van der Waals surface area contributed by atoms with Crippen molar-refractivity contribution in [3.8, 4) is 44.5 Å². The summed E-state index contributed by atoms with van der Waals surface area (Å²) >= 11 is 0. The van der Waals surface area contributed by atoms with Gasteiger partial charge in [-0.25, -0.2) is 0 Å². The summed E-state index contributed by atoms with van der Waals surface area (Å²) in [5, 5.41) is 1.70. The number of nitrogens with zero attached hydrogens (tertiary/aromatic N) is 5. The fourth-order valence-corrected chi connectivity index (χ4v) is 35.4. The molecule has 1 radical (unpaired) electrons. The number of hydrogen-bond acceptors (Lipinski definition) is 5. The third-order valence-electron chi connectivity index (χ3n) is 28.4. The van der Waals surface area contributed by atoms with Crippen LogP contribution in [0.4, 0.5) is 68.2 Å². The van der Waals surface area contributed by atoms with Gasteiger partial charge < -0.3 is 14.7 Å². The molecule has 12 aliphatic heterocycles. The van der Waals surface area contributed by atoms with Crippen LogP contribution in [-0.2, 0) is 0 Å². The van der Waals surface area contributed by atoms with Crippen LogP contribution >= 0.6 is 13.9 Å². The normalized spacial score (nSPS) is 15.9. The second-order valence-electron chi connectivity index (χ2n) is 34.7. The van der Waals surface area contributed by atoms with Gasteiger partial charge in [-0.3, -0.25) is 0 Å². The summed E-state index contributed by atoms with van der Waals surface area (Å²) in [6.45, 7) is 10.8. The Bertz CT molecular complexity index is 6920. The Balaban J connectivity index is 0.0000000873. The summed E-state index contributed by atoms with van der Waals surface area (Å²) in [6.07, 6.45) is 1.26. The first-order chi connectivity index (χ1) is 57.3. The van der Waals surface area contributed by atoms with Crippen molar-refractivity contribution in [2.75, 3.05) is 19.6 Å². The molecular weight excluding hydrogens is 1430 g/mol. The Morgan fingerprint density at radius 1 is 0.284 bits per heavy atom. The van der Waals surface area contributed by atoms with Gasteiger partial charge in [-0.15, -0.1) is 0 Å². The molecule has 535 valence electrons. The standard InChI is InChI=1S/3C25H18BN.C24H19B7N2P2/c1-17-9-7-12-19-20-13-8-16-23-25(20)26(24(17)19)21-14-5-6-15-22(21)27(23)18-10-3-2-4-11-18;1-17-14-15-19-20-10-7-13-24-25(20)26(22(19)16-17)21-11-5-6-12-23(21)27(24)18-8-3-2-4-9-18;1-17-14-15-21-20(16-17)19-10-7-13-24-25(19)26(21)22-11-5-6-12-23(22)27(24)18-8-3-2-4-9-18;1-2-8-16(9-3-1)33-20-13-7-6-12-19(20)28-18-11-5-4-10-17(18)23-22(15-14-21(33)24(23)28)35(26-29(35)27-35)32-34-30-25-31(30)34/h3*2-16H,1H3;1-15H,25-26H2/q;;;-1. The summed E-state index contributed by atoms with van der Waals surface area (Å²) in [6, 6.07) is 134. The van der Waals surface area contributed by atoms with Crippen LogP contribution in [0.1, 0.15) is 16.7 Å². The second kappa shape index (κ2) is 25.2. The van der Waals surface area contributed by atoms with Gasteiger partial charge in [-0.1, -0.05) is 233 Å². The van der Waals surface area contributed by atoms with Crippen LogP contribution < -0.4 is 90.5 Å². The zero-order valence-electron chi connectivity index (χ0n) is 65.4. The molecule has 4 saturated heterocycles. The first-order valence-electron chi connectivity index (χ1n) is 42.0. The molecule has 0 atom stereocenters. The van der Waals surface area contributed by atoms with E-state index in [1.165, 1.54) is 184 Å². The molecular formula is C99H73B10N5P2-. The Kier molecular flexibility index (Phi) is 14.6. The van der Waals surface area contributed by atoms with Crippen LogP contribution in [0.25, 0.3) is 44.5 Å². The summed E-state index contributed by atoms with van der Waals surface area (Å²) in [5.41, 5.74) is 48.1. The van der Waals surface area contributed by atoms with E-state index in [0.29, 0.717) is 33.9 Å². The van der Waals surface area contributed by atoms with Crippen molar-refractivity contribution in [3.63, 3.8) is 0 Å². The maximum atomic E-state index is 5.92. The Labute approximate surface area is 684 Å². The fraction of sp³-hybridized carbons (Fsp3) is 0.0303. The molecule has 12 aliphatic rings. The van der Waals surface area contributed by atoms with E-state index in [4.69, 9.17) is 4.52 Å². The van der Waals surface area contributed by atoms with Crippen molar-refractivity contribution in [1.29, 1.82) is 0 Å². The minimum atomic E-state index is -1.98. The quantitative estimate of drug-likeness (QED) is 0.122. The zero-order chi connectivity index (χ0) is 76.4. The predicted octanol–water partition coefficient (Wildman–Crippen LogP) is 14.5. The third kappa shape index (κ3) is 9.65. The molecule has 5 nitrogen and oxygen atoms in total. The molecule has 28 rings (SSSR count). The van der Waals surface area contributed by atoms with Crippen molar-refractivity contribution < 1.29 is 0 Å². The summed E-state index contributed by atoms with van der Waals surface area (Å²) < 4.78 is 5.92. The van der Waals surface area contributed by atoms with Crippen molar-refractivity contribution in [1.82, 2.24) is 0 Å². The molecule has 0 spiro atoms. The molecule has 0 amide bonds. The van der Waals surface area contributed by atoms with Crippen molar-refractivity contribution in [3.05, 3.63) is 381 Å². The van der Waals surface area contributed by atoms with Crippen LogP contribution in [0.15, 0.2) is 368 Å². The molecule has 0 unspecified atom stereocenters. The molecule has 4 fully saturated rings. The van der Waals surface area contributed by atoms with Gasteiger partial charge in [0.15, 0.2) is 0 Å². The van der Waals surface area contributed by atoms with Crippen molar-refractivity contribution in [2.45, 2.75) is 20.8 Å². The van der Waals surface area contributed by atoms with Gasteiger partial charge in [0.1, 0.15) is 0 Å². The number of anilines is 12. The SMILES string of the molecule is Cc1ccc2c(c1)-c1cccc3c1B2c1ccccc1N3c1ccccc1.Cc1ccc2c(c1)B1c3ccccc3N(c3ccccc3)c3cccc-2c31.Cc1cccc2c1B1c3ccccc3N(c3ccccc3)c3cccc-2c31.[B]1B2[BH2-]P12(N=[P+]1B2[BH2-]B21)c1ccc2c3c1-c1ccccc1B3c1ccccc1N2c1ccccc1. The first-order valence-corrected chi connectivity index (χ1v) is 46.2. The monoisotopic (exact) mass is 1500 g/mol. The Hall–Kier alpha value is -12.1. The molecule has 0 aliphatic carbocycles. The number of rotatable bonds is 6. The van der Waals surface area contributed by atoms with Gasteiger partial charge in [0.05, 0.1) is 0 Å². The minimum absolute atomic E-state index is 0.0807. The van der Waals surface area contributed by atoms with E-state index in [2.05, 4.69) is 411 Å². The maximum absolute atomic E-state index is 5.92. The third-order valence-corrected chi connectivity index (χ3v) is 39.7. The number of para-hydroxylation sites is 8. The van der Waals surface area contributed by atoms with E-state index < -0.39 is 6.39 Å².